The van der Waals surface area contributed by atoms with E-state index < -0.39 is 18.3 Å². The van der Waals surface area contributed by atoms with E-state index in [2.05, 4.69) is 111 Å². The lowest BCUT2D eigenvalue weighted by molar-refractivity contribution is 0.0534. The van der Waals surface area contributed by atoms with Gasteiger partial charge >= 0.3 is 11.4 Å². The minimum atomic E-state index is -2.36. The number of anilines is 2. The molecule has 458 valence electrons. The molecule has 7 aromatic carbocycles. The predicted octanol–water partition coefficient (Wildman–Crippen LogP) is 10.4. The topological polar surface area (TPSA) is 282 Å². The van der Waals surface area contributed by atoms with Crippen molar-refractivity contribution >= 4 is 96.7 Å². The molecule has 8 N–H and O–H groups in total. The van der Waals surface area contributed by atoms with Crippen LogP contribution in [0.4, 0.5) is 17.3 Å². The number of aromatic amines is 1. The number of hydroxylamine groups is 2. The highest BCUT2D eigenvalue weighted by Crippen LogP contribution is 2.43. The summed E-state index contributed by atoms with van der Waals surface area (Å²) in [5.74, 6) is 3.33. The van der Waals surface area contributed by atoms with Crippen LogP contribution in [0.1, 0.15) is 76.1 Å². The third-order valence-corrected chi connectivity index (χ3v) is 14.1. The molecule has 0 saturated heterocycles. The second-order valence-electron chi connectivity index (χ2n) is 15.1. The Morgan fingerprint density at radius 3 is 1.48 bits per heavy atom. The average molecular weight is 1210 g/mol. The summed E-state index contributed by atoms with van der Waals surface area (Å²) in [6.07, 6.45) is 0. The van der Waals surface area contributed by atoms with Gasteiger partial charge in [-0.05, 0) is 82.3 Å². The lowest BCUT2D eigenvalue weighted by Gasteiger charge is -2.25. The molecule has 0 aliphatic heterocycles. The van der Waals surface area contributed by atoms with E-state index >= 15 is 0 Å². The van der Waals surface area contributed by atoms with Gasteiger partial charge in [0.05, 0.1) is 65.1 Å². The standard InChI is InChI=1S/C27H23N2O2P.C10H11N3O2.C8H10N2O2.C8H5NO3.C2H3NS.4C2H6.CH5NO/c1-31-29-27(30)25-19-11-12-20-26(25)28-21-32(22-13-5-2-6-14-22,23-15-7-3-8-16-23)24-17-9-4-10-18-24;1-11-10-12-8-6-4-3-5-7(8)9(14)13(10)15-2;1-12-10-8(11)6-4-2-3-5-7(6)9;10-7-5-3-1-2-4-6(5)9-8(11)12-7;1-3-2-4;4*1-2;1-3-2/h2-20H,1H3,(H,29,30);3-6H,1-2H3,(H,11,12);2-5H,9H2,1H3,(H,10,11);1-4H,(H,9,11);1H3;4*1-2H3;2H2,1H3. The maximum atomic E-state index is 12.5. The fraction of sp³-hybridized carbons (Fsp3) is 0.219. The molecule has 2 heterocycles. The van der Waals surface area contributed by atoms with Crippen LogP contribution in [0, 0.1) is 0 Å². The van der Waals surface area contributed by atoms with Crippen molar-refractivity contribution in [1.29, 1.82) is 0 Å². The lowest BCUT2D eigenvalue weighted by atomic mass is 10.2. The molecule has 20 nitrogen and oxygen atoms in total. The van der Waals surface area contributed by atoms with Gasteiger partial charge in [0.25, 0.3) is 17.4 Å². The number of para-hydroxylation sites is 4. The van der Waals surface area contributed by atoms with Gasteiger partial charge in [0, 0.05) is 26.7 Å². The maximum absolute atomic E-state index is 12.5. The number of nitrogens with two attached hydrogens (primary N) is 2. The second-order valence-corrected chi connectivity index (χ2v) is 18.4. The summed E-state index contributed by atoms with van der Waals surface area (Å²) >= 11 is 4.14. The molecule has 86 heavy (non-hydrogen) atoms. The molecule has 2 amide bonds. The third-order valence-electron chi connectivity index (χ3n) is 10.3. The maximum Gasteiger partial charge on any atom is 0.419 e. The van der Waals surface area contributed by atoms with Gasteiger partial charge in [0.1, 0.15) is 7.11 Å². The van der Waals surface area contributed by atoms with E-state index in [1.54, 1.807) is 93.0 Å². The largest absolute Gasteiger partial charge is 0.419 e. The fourth-order valence-electron chi connectivity index (χ4n) is 6.96. The average Bonchev–Trinajstić information content (AvgIpc) is 0.984. The van der Waals surface area contributed by atoms with Gasteiger partial charge in [-0.1, -0.05) is 195 Å². The van der Waals surface area contributed by atoms with Crippen molar-refractivity contribution in [2.45, 2.75) is 55.4 Å². The normalized spacial score (nSPS) is 9.24. The van der Waals surface area contributed by atoms with Crippen molar-refractivity contribution in [3.8, 4) is 0 Å². The SMILES string of the molecule is CC.CC.CC.CC.CN=C=S.CNc1nc2ccccc2c(=O)n1OC.CON.CONC(=O)c1ccccc1N.CONC(=O)c1ccccc1N=C=P(c1ccccc1)(c1ccccc1)c1ccccc1.O=c1[nH]c2ccccc2c(=O)o1. The van der Waals surface area contributed by atoms with E-state index in [1.807, 2.05) is 128 Å². The van der Waals surface area contributed by atoms with Crippen LogP contribution >= 0.6 is 19.1 Å². The number of carbonyl (C=O) groups excluding carboxylic acids is 2. The van der Waals surface area contributed by atoms with E-state index in [0.717, 1.165) is 20.6 Å². The lowest BCUT2D eigenvalue weighted by Crippen LogP contribution is -2.28. The highest BCUT2D eigenvalue weighted by Gasteiger charge is 2.25. The summed E-state index contributed by atoms with van der Waals surface area (Å²) in [5.41, 5.74) is 15.8. The molecule has 2 aromatic heterocycles. The summed E-state index contributed by atoms with van der Waals surface area (Å²) in [6, 6.07) is 58.8. The zero-order valence-electron chi connectivity index (χ0n) is 51.3. The Morgan fingerprint density at radius 2 is 1.02 bits per heavy atom. The molecule has 22 heteroatoms. The van der Waals surface area contributed by atoms with Gasteiger partial charge in [0.15, 0.2) is 0 Å². The first-order chi connectivity index (χ1) is 41.9. The second kappa shape index (κ2) is 46.0. The zero-order valence-corrected chi connectivity index (χ0v) is 53.0. The Kier molecular flexibility index (Phi) is 41.0. The van der Waals surface area contributed by atoms with Crippen LogP contribution in [0.5, 0.6) is 0 Å². The van der Waals surface area contributed by atoms with Crippen LogP contribution < -0.4 is 65.6 Å². The highest BCUT2D eigenvalue weighted by molar-refractivity contribution is 7.93. The Labute approximate surface area is 508 Å². The molecular weight excluding hydrogens is 1130 g/mol. The monoisotopic (exact) mass is 1210 g/mol. The smallest absolute Gasteiger partial charge is 0.411 e. The molecule has 0 saturated carbocycles. The molecular formula is C64H81N10O10PS. The number of aliphatic imine (C=N–C) groups is 2. The van der Waals surface area contributed by atoms with Gasteiger partial charge in [-0.2, -0.15) is 0 Å². The van der Waals surface area contributed by atoms with Gasteiger partial charge < -0.3 is 25.1 Å². The number of isothiocyanates is 1. The van der Waals surface area contributed by atoms with Crippen LogP contribution in [0.3, 0.4) is 0 Å². The van der Waals surface area contributed by atoms with Gasteiger partial charge in [-0.15, -0.1) is 4.73 Å². The first-order valence-electron chi connectivity index (χ1n) is 27.1. The number of fused-ring (bicyclic) bond motifs is 2. The predicted molar refractivity (Wildman–Crippen MR) is 357 cm³/mol. The molecule has 0 bridgehead atoms. The Balaban J connectivity index is 0.00000112. The molecule has 0 aliphatic carbocycles. The van der Waals surface area contributed by atoms with E-state index in [9.17, 15) is 24.0 Å². The fourth-order valence-corrected chi connectivity index (χ4v) is 10.3. The van der Waals surface area contributed by atoms with Crippen LogP contribution in [0.25, 0.3) is 21.8 Å². The van der Waals surface area contributed by atoms with Gasteiger partial charge in [0.2, 0.25) is 5.95 Å². The molecule has 0 spiro atoms. The third kappa shape index (κ3) is 24.1. The van der Waals surface area contributed by atoms with Crippen LogP contribution in [0.2, 0.25) is 0 Å². The van der Waals surface area contributed by atoms with Crippen LogP contribution in [-0.4, -0.2) is 79.8 Å². The van der Waals surface area contributed by atoms with Crippen molar-refractivity contribution in [2.24, 2.45) is 15.9 Å². The van der Waals surface area contributed by atoms with E-state index in [4.69, 9.17) is 20.4 Å². The first kappa shape index (κ1) is 76.6. The number of thiocarbonyl (C=S) groups is 1. The molecule has 9 rings (SSSR count). The molecule has 0 atom stereocenters. The quantitative estimate of drug-likeness (QED) is 0.0244. The number of benzene rings is 7. The van der Waals surface area contributed by atoms with Crippen molar-refractivity contribution in [1.82, 2.24) is 25.7 Å². The summed E-state index contributed by atoms with van der Waals surface area (Å²) < 4.78 is 5.45. The number of hydrogen-bond acceptors (Lipinski definition) is 17. The zero-order chi connectivity index (χ0) is 64.7. The van der Waals surface area contributed by atoms with Crippen molar-refractivity contribution < 1.29 is 33.4 Å². The summed E-state index contributed by atoms with van der Waals surface area (Å²) in [5, 5.41) is 9.29. The van der Waals surface area contributed by atoms with Crippen LogP contribution in [-0.2, 0) is 14.5 Å². The molecule has 0 unspecified atom stereocenters. The van der Waals surface area contributed by atoms with E-state index in [-0.39, 0.29) is 17.4 Å². The number of hydrogen-bond donors (Lipinski definition) is 6. The minimum Gasteiger partial charge on any atom is -0.411 e. The number of aromatic nitrogens is 3. The Bertz CT molecular complexity index is 3590. The number of nitrogen functional groups attached to an aromatic ring is 1. The van der Waals surface area contributed by atoms with Gasteiger partial charge in [-0.3, -0.25) is 29.0 Å². The Morgan fingerprint density at radius 1 is 0.616 bits per heavy atom. The van der Waals surface area contributed by atoms with Crippen molar-refractivity contribution in [3.63, 3.8) is 0 Å². The molecule has 0 aliphatic rings. The van der Waals surface area contributed by atoms with E-state index in [0.29, 0.717) is 50.3 Å². The van der Waals surface area contributed by atoms with E-state index in [1.165, 1.54) is 28.4 Å². The summed E-state index contributed by atoms with van der Waals surface area (Å²) in [7, 11) is 8.89. The number of amides is 2. The van der Waals surface area contributed by atoms with Gasteiger partial charge in [-0.25, -0.2) is 41.4 Å². The molecule has 0 fully saturated rings. The number of rotatable bonds is 10. The number of nitrogens with zero attached hydrogens (tertiary/aromatic N) is 4. The highest BCUT2D eigenvalue weighted by atomic mass is 32.1. The van der Waals surface area contributed by atoms with Crippen molar-refractivity contribution in [2.75, 3.05) is 53.6 Å². The minimum absolute atomic E-state index is 0.215. The summed E-state index contributed by atoms with van der Waals surface area (Å²) in [6.45, 7) is 13.6. The van der Waals surface area contributed by atoms with Crippen molar-refractivity contribution in [3.05, 3.63) is 231 Å². The molecule has 0 radical (unpaired) electrons. The summed E-state index contributed by atoms with van der Waals surface area (Å²) in [4.78, 5) is 90.0. The molecule has 9 aromatic rings. The van der Waals surface area contributed by atoms with Crippen LogP contribution in [0.15, 0.2) is 217 Å². The Hall–Kier alpha value is -9.39. The number of carbonyl (C=O) groups is 2. The number of nitrogens with one attached hydrogen (secondary N) is 4. The number of H-pyrrole nitrogens is 1. The first-order valence-corrected chi connectivity index (χ1v) is 29.3.